The zero-order valence-electron chi connectivity index (χ0n) is 7.88. The molecule has 2 rings (SSSR count). The van der Waals surface area contributed by atoms with Crippen molar-refractivity contribution in [3.05, 3.63) is 54.2 Å². The maximum absolute atomic E-state index is 10.5. The molecule has 0 amide bonds. The number of aromatic nitrogens is 1. The summed E-state index contributed by atoms with van der Waals surface area (Å²) in [6.45, 7) is 0. The molecule has 0 fully saturated rings. The number of hydrogen-bond acceptors (Lipinski definition) is 3. The van der Waals surface area contributed by atoms with Crippen molar-refractivity contribution >= 4 is 5.97 Å². The van der Waals surface area contributed by atoms with Crippen LogP contribution >= 0.6 is 0 Å². The molecule has 0 spiro atoms. The molecule has 0 aliphatic rings. The van der Waals surface area contributed by atoms with Crippen LogP contribution < -0.4 is 5.11 Å². The summed E-state index contributed by atoms with van der Waals surface area (Å²) in [7, 11) is 0. The van der Waals surface area contributed by atoms with Gasteiger partial charge in [0.15, 0.2) is 0 Å². The third-order valence-electron chi connectivity index (χ3n) is 2.08. The van der Waals surface area contributed by atoms with Crippen LogP contribution in [0, 0.1) is 0 Å². The summed E-state index contributed by atoms with van der Waals surface area (Å²) < 4.78 is 0. The molecule has 3 heteroatoms. The standard InChI is InChI=1S/C12H9NO2/c14-12(15)10-6-4-9(5-7-10)11-3-1-2-8-13-11/h1-8H,(H,14,15)/p-1. The van der Waals surface area contributed by atoms with Gasteiger partial charge in [-0.15, -0.1) is 0 Å². The SMILES string of the molecule is O=C([O-])c1ccc(-c2ccccn2)cc1. The van der Waals surface area contributed by atoms with Gasteiger partial charge in [0.05, 0.1) is 11.7 Å². The van der Waals surface area contributed by atoms with E-state index in [0.717, 1.165) is 11.3 Å². The molecule has 1 heterocycles. The third kappa shape index (κ3) is 2.02. The summed E-state index contributed by atoms with van der Waals surface area (Å²) in [6, 6.07) is 12.0. The van der Waals surface area contributed by atoms with Crippen molar-refractivity contribution in [3.8, 4) is 11.3 Å². The number of carbonyl (C=O) groups is 1. The molecule has 0 radical (unpaired) electrons. The lowest BCUT2D eigenvalue weighted by Crippen LogP contribution is -2.21. The molecule has 1 aromatic heterocycles. The maximum atomic E-state index is 10.5. The first-order valence-corrected chi connectivity index (χ1v) is 4.50. The molecule has 1 aromatic carbocycles. The number of rotatable bonds is 2. The molecule has 0 saturated carbocycles. The molecule has 3 nitrogen and oxygen atoms in total. The average Bonchev–Trinajstić information content (AvgIpc) is 2.30. The largest absolute Gasteiger partial charge is 0.545 e. The highest BCUT2D eigenvalue weighted by Crippen LogP contribution is 2.16. The molecule has 0 saturated heterocycles. The van der Waals surface area contributed by atoms with E-state index in [1.54, 1.807) is 18.3 Å². The maximum Gasteiger partial charge on any atom is 0.0715 e. The van der Waals surface area contributed by atoms with Crippen molar-refractivity contribution in [1.29, 1.82) is 0 Å². The third-order valence-corrected chi connectivity index (χ3v) is 2.08. The lowest BCUT2D eigenvalue weighted by molar-refractivity contribution is -0.255. The van der Waals surface area contributed by atoms with Gasteiger partial charge in [-0.05, 0) is 17.7 Å². The first-order valence-electron chi connectivity index (χ1n) is 4.50. The molecule has 0 aliphatic carbocycles. The number of carboxylic acids is 1. The Morgan fingerprint density at radius 2 is 1.80 bits per heavy atom. The van der Waals surface area contributed by atoms with E-state index >= 15 is 0 Å². The minimum Gasteiger partial charge on any atom is -0.545 e. The van der Waals surface area contributed by atoms with Crippen LogP contribution in [0.3, 0.4) is 0 Å². The Hall–Kier alpha value is -2.16. The van der Waals surface area contributed by atoms with E-state index in [1.165, 1.54) is 12.1 Å². The number of pyridine rings is 1. The summed E-state index contributed by atoms with van der Waals surface area (Å²) >= 11 is 0. The zero-order valence-corrected chi connectivity index (χ0v) is 7.88. The van der Waals surface area contributed by atoms with E-state index in [2.05, 4.69) is 4.98 Å². The monoisotopic (exact) mass is 198 g/mol. The molecule has 0 aliphatic heterocycles. The van der Waals surface area contributed by atoms with Gasteiger partial charge in [-0.2, -0.15) is 0 Å². The number of aromatic carboxylic acids is 1. The van der Waals surface area contributed by atoms with Crippen LogP contribution in [0.4, 0.5) is 0 Å². The second kappa shape index (κ2) is 3.92. The van der Waals surface area contributed by atoms with Crippen molar-refractivity contribution < 1.29 is 9.90 Å². The van der Waals surface area contributed by atoms with E-state index in [9.17, 15) is 9.90 Å². The molecule has 0 N–H and O–H groups in total. The molecule has 0 atom stereocenters. The van der Waals surface area contributed by atoms with Gasteiger partial charge in [0.2, 0.25) is 0 Å². The van der Waals surface area contributed by atoms with Gasteiger partial charge in [-0.3, -0.25) is 4.98 Å². The van der Waals surface area contributed by atoms with Crippen molar-refractivity contribution in [2.45, 2.75) is 0 Å². The lowest BCUT2D eigenvalue weighted by atomic mass is 10.1. The fourth-order valence-corrected chi connectivity index (χ4v) is 1.31. The minimum absolute atomic E-state index is 0.176. The van der Waals surface area contributed by atoms with E-state index in [4.69, 9.17) is 0 Å². The van der Waals surface area contributed by atoms with Gasteiger partial charge in [0.25, 0.3) is 0 Å². The topological polar surface area (TPSA) is 53.0 Å². The van der Waals surface area contributed by atoms with Gasteiger partial charge in [0.1, 0.15) is 0 Å². The molecular weight excluding hydrogens is 190 g/mol. The number of carboxylic acid groups (broad SMARTS) is 1. The Kier molecular flexibility index (Phi) is 2.46. The second-order valence-electron chi connectivity index (χ2n) is 3.08. The van der Waals surface area contributed by atoms with Gasteiger partial charge in [0, 0.05) is 11.8 Å². The Morgan fingerprint density at radius 3 is 2.33 bits per heavy atom. The summed E-state index contributed by atoms with van der Waals surface area (Å²) in [5, 5.41) is 10.5. The molecular formula is C12H8NO2-. The predicted molar refractivity (Wildman–Crippen MR) is 54.0 cm³/mol. The van der Waals surface area contributed by atoms with Gasteiger partial charge in [-0.1, -0.05) is 30.3 Å². The van der Waals surface area contributed by atoms with E-state index in [-0.39, 0.29) is 5.56 Å². The van der Waals surface area contributed by atoms with Crippen LogP contribution in [0.15, 0.2) is 48.7 Å². The van der Waals surface area contributed by atoms with Crippen molar-refractivity contribution in [3.63, 3.8) is 0 Å². The molecule has 74 valence electrons. The predicted octanol–water partition coefficient (Wildman–Crippen LogP) is 1.11. The summed E-state index contributed by atoms with van der Waals surface area (Å²) in [4.78, 5) is 14.7. The first-order chi connectivity index (χ1) is 7.27. The van der Waals surface area contributed by atoms with Crippen LogP contribution in [0.1, 0.15) is 10.4 Å². The molecule has 0 bridgehead atoms. The van der Waals surface area contributed by atoms with Crippen LogP contribution in [0.2, 0.25) is 0 Å². The summed E-state index contributed by atoms with van der Waals surface area (Å²) in [5.41, 5.74) is 1.89. The average molecular weight is 198 g/mol. The van der Waals surface area contributed by atoms with Gasteiger partial charge in [-0.25, -0.2) is 0 Å². The fraction of sp³-hybridized carbons (Fsp3) is 0. The lowest BCUT2D eigenvalue weighted by Gasteiger charge is -2.03. The van der Waals surface area contributed by atoms with Crippen LogP contribution in [-0.2, 0) is 0 Å². The number of carbonyl (C=O) groups excluding carboxylic acids is 1. The highest BCUT2D eigenvalue weighted by atomic mass is 16.4. The van der Waals surface area contributed by atoms with Crippen LogP contribution in [-0.4, -0.2) is 11.0 Å². The van der Waals surface area contributed by atoms with E-state index in [1.807, 2.05) is 18.2 Å². The molecule has 15 heavy (non-hydrogen) atoms. The molecule has 2 aromatic rings. The Bertz CT molecular complexity index is 463. The molecule has 0 unspecified atom stereocenters. The van der Waals surface area contributed by atoms with E-state index < -0.39 is 5.97 Å². The fourth-order valence-electron chi connectivity index (χ4n) is 1.31. The van der Waals surface area contributed by atoms with Crippen molar-refractivity contribution in [2.75, 3.05) is 0 Å². The number of hydrogen-bond donors (Lipinski definition) is 0. The highest BCUT2D eigenvalue weighted by molar-refractivity contribution is 5.86. The second-order valence-corrected chi connectivity index (χ2v) is 3.08. The van der Waals surface area contributed by atoms with E-state index in [0.29, 0.717) is 0 Å². The number of benzene rings is 1. The Balaban J connectivity index is 2.36. The quantitative estimate of drug-likeness (QED) is 0.726. The summed E-state index contributed by atoms with van der Waals surface area (Å²) in [6.07, 6.45) is 1.70. The first kappa shape index (κ1) is 9.40. The van der Waals surface area contributed by atoms with Crippen LogP contribution in [0.25, 0.3) is 11.3 Å². The number of nitrogens with zero attached hydrogens (tertiary/aromatic N) is 1. The van der Waals surface area contributed by atoms with Crippen molar-refractivity contribution in [1.82, 2.24) is 4.98 Å². The summed E-state index contributed by atoms with van der Waals surface area (Å²) in [5.74, 6) is -1.16. The van der Waals surface area contributed by atoms with Crippen LogP contribution in [0.5, 0.6) is 0 Å². The van der Waals surface area contributed by atoms with Crippen molar-refractivity contribution in [2.24, 2.45) is 0 Å². The normalized spacial score (nSPS) is 9.87. The Morgan fingerprint density at radius 1 is 1.07 bits per heavy atom. The zero-order chi connectivity index (χ0) is 10.7. The smallest absolute Gasteiger partial charge is 0.0715 e. The Labute approximate surface area is 87.0 Å². The van der Waals surface area contributed by atoms with Gasteiger partial charge >= 0.3 is 0 Å². The van der Waals surface area contributed by atoms with Gasteiger partial charge < -0.3 is 9.90 Å². The highest BCUT2D eigenvalue weighted by Gasteiger charge is 1.98. The minimum atomic E-state index is -1.16.